The van der Waals surface area contributed by atoms with Crippen molar-refractivity contribution >= 4 is 94.4 Å². The van der Waals surface area contributed by atoms with Crippen LogP contribution in [0, 0.1) is 0 Å². The van der Waals surface area contributed by atoms with E-state index < -0.39 is 0 Å². The van der Waals surface area contributed by atoms with Crippen molar-refractivity contribution in [1.29, 1.82) is 0 Å². The number of hydrogen-bond donors (Lipinski definition) is 0. The van der Waals surface area contributed by atoms with Gasteiger partial charge in [0.2, 0.25) is 0 Å². The average Bonchev–Trinajstić information content (AvgIpc) is 1.77. The highest BCUT2D eigenvalue weighted by Crippen LogP contribution is 2.66. The maximum absolute atomic E-state index is 2.99. The number of thiophene rings is 1. The molecule has 2 fully saturated rings. The lowest BCUT2D eigenvalue weighted by Gasteiger charge is -2.54. The van der Waals surface area contributed by atoms with E-state index in [1.165, 1.54) is 159 Å². The van der Waals surface area contributed by atoms with Crippen LogP contribution < -0.4 is 31.1 Å². The molecule has 81 heavy (non-hydrogen) atoms. The van der Waals surface area contributed by atoms with Crippen molar-refractivity contribution in [2.75, 3.05) is 14.7 Å². The standard InChI is InChI=1S/C76H80BN3S/c1-70(2,3)50-29-32-59(54(41-50)48-26-18-15-19-27-48)78-61-33-35-65-66(55-42-51(71(4,5)6)30-34-64(55)81-65)68(61)77-58-44-52(72(7,8)9)43-57-69(58)80(76(13)39-23-21-37-74(57,76)11)63-46-53(45-62(78)67(63)77)79-60-31-28-49(47-24-16-14-17-25-47)40-56(60)73(10)36-20-22-38-75(73,79)12/h14-19,24-35,40-46H,20-23,36-39H2,1-13H3. The molecular weight excluding hydrogens is 998 g/mol. The van der Waals surface area contributed by atoms with Crippen molar-refractivity contribution in [1.82, 2.24) is 0 Å². The van der Waals surface area contributed by atoms with Crippen LogP contribution in [-0.4, -0.2) is 17.8 Å². The molecule has 15 rings (SSSR count). The molecule has 5 heteroatoms. The van der Waals surface area contributed by atoms with Crippen molar-refractivity contribution in [3.8, 4) is 22.3 Å². The summed E-state index contributed by atoms with van der Waals surface area (Å²) >= 11 is 1.98. The van der Waals surface area contributed by atoms with Crippen LogP contribution in [0.2, 0.25) is 0 Å². The van der Waals surface area contributed by atoms with E-state index in [-0.39, 0.29) is 44.9 Å². The highest BCUT2D eigenvalue weighted by atomic mass is 32.1. The summed E-state index contributed by atoms with van der Waals surface area (Å²) in [5.41, 5.74) is 25.7. The zero-order chi connectivity index (χ0) is 56.1. The van der Waals surface area contributed by atoms with Crippen LogP contribution in [0.25, 0.3) is 42.4 Å². The zero-order valence-electron chi connectivity index (χ0n) is 50.4. The number of nitrogens with zero attached hydrogens (tertiary/aromatic N) is 3. The van der Waals surface area contributed by atoms with Crippen molar-refractivity contribution < 1.29 is 0 Å². The highest BCUT2D eigenvalue weighted by molar-refractivity contribution is 7.26. The Morgan fingerprint density at radius 3 is 1.68 bits per heavy atom. The van der Waals surface area contributed by atoms with Gasteiger partial charge in [-0.25, -0.2) is 0 Å². The molecule has 5 heterocycles. The first-order valence-corrected chi connectivity index (χ1v) is 31.5. The zero-order valence-corrected chi connectivity index (χ0v) is 51.2. The van der Waals surface area contributed by atoms with Gasteiger partial charge in [-0.15, -0.1) is 11.3 Å². The van der Waals surface area contributed by atoms with Gasteiger partial charge in [-0.2, -0.15) is 0 Å². The van der Waals surface area contributed by atoms with Crippen LogP contribution in [0.4, 0.5) is 39.8 Å². The Hall–Kier alpha value is -6.56. The van der Waals surface area contributed by atoms with E-state index in [0.29, 0.717) is 0 Å². The Morgan fingerprint density at radius 2 is 1.00 bits per heavy atom. The topological polar surface area (TPSA) is 9.72 Å². The maximum atomic E-state index is 2.99. The number of anilines is 7. The molecule has 4 unspecified atom stereocenters. The fourth-order valence-corrected chi connectivity index (χ4v) is 18.1. The second-order valence-electron chi connectivity index (χ2n) is 29.6. The Labute approximate surface area is 487 Å². The molecular formula is C76H80BN3S. The normalized spacial score (nSPS) is 23.6. The summed E-state index contributed by atoms with van der Waals surface area (Å²) in [6, 6.07) is 60.7. The van der Waals surface area contributed by atoms with Crippen LogP contribution >= 0.6 is 11.3 Å². The first-order valence-electron chi connectivity index (χ1n) is 30.7. The van der Waals surface area contributed by atoms with E-state index >= 15 is 0 Å². The Kier molecular flexibility index (Phi) is 10.8. The van der Waals surface area contributed by atoms with Gasteiger partial charge in [0.1, 0.15) is 0 Å². The van der Waals surface area contributed by atoms with Crippen molar-refractivity contribution in [3.05, 3.63) is 179 Å². The van der Waals surface area contributed by atoms with E-state index in [9.17, 15) is 0 Å². The van der Waals surface area contributed by atoms with E-state index in [0.717, 1.165) is 12.8 Å². The third-order valence-electron chi connectivity index (χ3n) is 22.0. The molecule has 0 radical (unpaired) electrons. The highest BCUT2D eigenvalue weighted by Gasteiger charge is 2.63. The van der Waals surface area contributed by atoms with E-state index in [2.05, 4.69) is 256 Å². The lowest BCUT2D eigenvalue weighted by atomic mass is 9.32. The minimum absolute atomic E-state index is 0.00434. The molecule has 408 valence electrons. The molecule has 0 spiro atoms. The summed E-state index contributed by atoms with van der Waals surface area (Å²) in [6.45, 7) is 32.2. The Balaban J connectivity index is 1.12. The molecule has 0 N–H and O–H groups in total. The average molecular weight is 1080 g/mol. The van der Waals surface area contributed by atoms with Gasteiger partial charge in [0.25, 0.3) is 6.71 Å². The minimum atomic E-state index is -0.162. The molecule has 9 aromatic rings. The summed E-state index contributed by atoms with van der Waals surface area (Å²) in [5.74, 6) is 0. The van der Waals surface area contributed by atoms with Gasteiger partial charge in [-0.1, -0.05) is 193 Å². The molecule has 2 aliphatic carbocycles. The van der Waals surface area contributed by atoms with Gasteiger partial charge in [0, 0.05) is 65.3 Å². The fourth-order valence-electron chi connectivity index (χ4n) is 17.0. The molecule has 0 bridgehead atoms. The molecule has 4 aliphatic heterocycles. The van der Waals surface area contributed by atoms with Crippen LogP contribution in [0.1, 0.15) is 169 Å². The largest absolute Gasteiger partial charge is 0.335 e. The summed E-state index contributed by atoms with van der Waals surface area (Å²) in [4.78, 5) is 8.67. The summed E-state index contributed by atoms with van der Waals surface area (Å²) in [5, 5.41) is 2.81. The maximum Gasteiger partial charge on any atom is 0.253 e. The molecule has 0 saturated heterocycles. The van der Waals surface area contributed by atoms with E-state index in [1.807, 2.05) is 11.3 Å². The van der Waals surface area contributed by atoms with E-state index in [4.69, 9.17) is 0 Å². The van der Waals surface area contributed by atoms with Crippen molar-refractivity contribution in [2.45, 2.75) is 180 Å². The molecule has 4 atom stereocenters. The summed E-state index contributed by atoms with van der Waals surface area (Å²) in [7, 11) is 0. The number of fused-ring (bicyclic) bond motifs is 14. The Morgan fingerprint density at radius 1 is 0.432 bits per heavy atom. The van der Waals surface area contributed by atoms with Crippen LogP contribution in [-0.2, 0) is 27.1 Å². The van der Waals surface area contributed by atoms with Crippen molar-refractivity contribution in [2.24, 2.45) is 0 Å². The first kappa shape index (κ1) is 51.3. The lowest BCUT2D eigenvalue weighted by molar-refractivity contribution is 0.194. The minimum Gasteiger partial charge on any atom is -0.335 e. The predicted molar refractivity (Wildman–Crippen MR) is 351 cm³/mol. The predicted octanol–water partition coefficient (Wildman–Crippen LogP) is 19.4. The SMILES string of the molecule is CC(C)(C)c1ccc(N2c3cc(N4c5ccc(-c6ccccc6)cc5C5(C)CCCCC45C)cc4c3B(c3cc(C(C)(C)C)cc5c3N4C3(C)CCCCC53C)c3c2ccc2sc4ccc(C(C)(C)C)cc4c32)c(-c2ccccc2)c1. The number of benzene rings is 8. The van der Waals surface area contributed by atoms with Gasteiger partial charge >= 0.3 is 0 Å². The monoisotopic (exact) mass is 1080 g/mol. The van der Waals surface area contributed by atoms with Gasteiger partial charge in [0.15, 0.2) is 0 Å². The van der Waals surface area contributed by atoms with Crippen LogP contribution in [0.3, 0.4) is 0 Å². The van der Waals surface area contributed by atoms with Gasteiger partial charge in [-0.3, -0.25) is 0 Å². The molecule has 1 aromatic heterocycles. The third-order valence-corrected chi connectivity index (χ3v) is 23.1. The van der Waals surface area contributed by atoms with Gasteiger partial charge < -0.3 is 14.7 Å². The smallest absolute Gasteiger partial charge is 0.253 e. The molecule has 2 saturated carbocycles. The third kappa shape index (κ3) is 7.00. The van der Waals surface area contributed by atoms with E-state index in [1.54, 1.807) is 5.56 Å². The summed E-state index contributed by atoms with van der Waals surface area (Å²) < 4.78 is 2.73. The van der Waals surface area contributed by atoms with Crippen LogP contribution in [0.15, 0.2) is 152 Å². The lowest BCUT2D eigenvalue weighted by Crippen LogP contribution is -2.65. The van der Waals surface area contributed by atoms with Gasteiger partial charge in [-0.05, 0) is 183 Å². The Bertz CT molecular complexity index is 4110. The number of hydrogen-bond acceptors (Lipinski definition) is 4. The molecule has 8 aromatic carbocycles. The second-order valence-corrected chi connectivity index (χ2v) is 30.6. The second kappa shape index (κ2) is 17.0. The quantitative estimate of drug-likeness (QED) is 0.163. The van der Waals surface area contributed by atoms with Crippen molar-refractivity contribution in [3.63, 3.8) is 0 Å². The first-order chi connectivity index (χ1) is 38.5. The summed E-state index contributed by atoms with van der Waals surface area (Å²) in [6.07, 6.45) is 9.59. The molecule has 3 nitrogen and oxygen atoms in total. The fraction of sp³-hybridized carbons (Fsp3) is 0.368. The van der Waals surface area contributed by atoms with Crippen LogP contribution in [0.5, 0.6) is 0 Å². The molecule has 6 aliphatic rings. The number of rotatable bonds is 4. The van der Waals surface area contributed by atoms with Gasteiger partial charge in [0.05, 0.1) is 16.8 Å². The molecule has 0 amide bonds.